The van der Waals surface area contributed by atoms with Crippen LogP contribution in [0.5, 0.6) is 0 Å². The zero-order valence-corrected chi connectivity index (χ0v) is 14.1. The predicted molar refractivity (Wildman–Crippen MR) is 88.2 cm³/mol. The highest BCUT2D eigenvalue weighted by atomic mass is 16.7. The molecule has 0 spiro atoms. The Morgan fingerprint density at radius 2 is 1.48 bits per heavy atom. The van der Waals surface area contributed by atoms with Crippen molar-refractivity contribution in [3.63, 3.8) is 0 Å². The minimum absolute atomic E-state index is 0.189. The van der Waals surface area contributed by atoms with E-state index in [-0.39, 0.29) is 6.79 Å². The zero-order valence-electron chi connectivity index (χ0n) is 14.1. The van der Waals surface area contributed by atoms with Crippen molar-refractivity contribution in [2.24, 2.45) is 0 Å². The highest BCUT2D eigenvalue weighted by Crippen LogP contribution is 2.07. The standard InChI is InChI=1S/C18H34O3/c1-3-5-7-9-11-13-15-20-17-21-18(16-19)14-12-10-8-6-4-2/h14,16H,3-13,15,17H2,1-2H3/b18-14+. The van der Waals surface area contributed by atoms with Crippen LogP contribution < -0.4 is 0 Å². The van der Waals surface area contributed by atoms with Crippen LogP contribution in [0.3, 0.4) is 0 Å². The number of hydrogen-bond donors (Lipinski definition) is 0. The number of hydrogen-bond acceptors (Lipinski definition) is 3. The lowest BCUT2D eigenvalue weighted by Crippen LogP contribution is -2.02. The Morgan fingerprint density at radius 1 is 0.857 bits per heavy atom. The van der Waals surface area contributed by atoms with Gasteiger partial charge in [-0.25, -0.2) is 0 Å². The van der Waals surface area contributed by atoms with Crippen LogP contribution in [0.25, 0.3) is 0 Å². The fourth-order valence-corrected chi connectivity index (χ4v) is 2.11. The molecule has 3 heteroatoms. The van der Waals surface area contributed by atoms with Gasteiger partial charge in [-0.15, -0.1) is 0 Å². The molecule has 3 nitrogen and oxygen atoms in total. The third-order valence-corrected chi connectivity index (χ3v) is 3.47. The van der Waals surface area contributed by atoms with Gasteiger partial charge in [-0.1, -0.05) is 65.2 Å². The second-order valence-corrected chi connectivity index (χ2v) is 5.51. The molecule has 0 aromatic heterocycles. The fourth-order valence-electron chi connectivity index (χ4n) is 2.11. The van der Waals surface area contributed by atoms with Crippen molar-refractivity contribution in [2.45, 2.75) is 84.5 Å². The third kappa shape index (κ3) is 15.4. The van der Waals surface area contributed by atoms with Gasteiger partial charge < -0.3 is 9.47 Å². The van der Waals surface area contributed by atoms with Crippen LogP contribution in [0.2, 0.25) is 0 Å². The molecular formula is C18H34O3. The number of ether oxygens (including phenoxy) is 2. The van der Waals surface area contributed by atoms with Crippen molar-refractivity contribution < 1.29 is 14.3 Å². The molecule has 0 bridgehead atoms. The van der Waals surface area contributed by atoms with E-state index in [9.17, 15) is 4.79 Å². The Hall–Kier alpha value is -0.830. The van der Waals surface area contributed by atoms with Gasteiger partial charge in [0, 0.05) is 0 Å². The number of rotatable bonds is 16. The van der Waals surface area contributed by atoms with Gasteiger partial charge in [-0.3, -0.25) is 4.79 Å². The number of allylic oxidation sites excluding steroid dienone is 2. The van der Waals surface area contributed by atoms with Crippen LogP contribution >= 0.6 is 0 Å². The minimum atomic E-state index is 0.189. The summed E-state index contributed by atoms with van der Waals surface area (Å²) in [5.41, 5.74) is 0. The topological polar surface area (TPSA) is 35.5 Å². The average Bonchev–Trinajstić information content (AvgIpc) is 2.51. The van der Waals surface area contributed by atoms with Crippen molar-refractivity contribution in [2.75, 3.05) is 13.4 Å². The first-order valence-electron chi connectivity index (χ1n) is 8.71. The summed E-state index contributed by atoms with van der Waals surface area (Å²) < 4.78 is 10.7. The predicted octanol–water partition coefficient (Wildman–Crippen LogP) is 5.39. The first-order chi connectivity index (χ1) is 10.3. The molecule has 0 saturated carbocycles. The van der Waals surface area contributed by atoms with Gasteiger partial charge in [0.25, 0.3) is 0 Å². The van der Waals surface area contributed by atoms with Gasteiger partial charge >= 0.3 is 0 Å². The van der Waals surface area contributed by atoms with Gasteiger partial charge in [-0.05, 0) is 25.3 Å². The molecule has 0 aromatic rings. The maximum Gasteiger partial charge on any atom is 0.189 e. The number of carbonyl (C=O) groups excluding carboxylic acids is 1. The lowest BCUT2D eigenvalue weighted by molar-refractivity contribution is -0.111. The van der Waals surface area contributed by atoms with Gasteiger partial charge in [0.1, 0.15) is 0 Å². The summed E-state index contributed by atoms with van der Waals surface area (Å²) in [6, 6.07) is 0. The molecule has 21 heavy (non-hydrogen) atoms. The van der Waals surface area contributed by atoms with Crippen molar-refractivity contribution in [1.82, 2.24) is 0 Å². The number of aldehydes is 1. The molecular weight excluding hydrogens is 264 g/mol. The first-order valence-corrected chi connectivity index (χ1v) is 8.71. The Labute approximate surface area is 131 Å². The summed E-state index contributed by atoms with van der Waals surface area (Å²) in [6.45, 7) is 5.32. The van der Waals surface area contributed by atoms with Crippen LogP contribution in [0, 0.1) is 0 Å². The molecule has 0 fully saturated rings. The lowest BCUT2D eigenvalue weighted by Gasteiger charge is -2.07. The normalized spacial score (nSPS) is 11.6. The molecule has 0 radical (unpaired) electrons. The zero-order chi connectivity index (χ0) is 15.6. The highest BCUT2D eigenvalue weighted by molar-refractivity contribution is 5.69. The Morgan fingerprint density at radius 3 is 2.14 bits per heavy atom. The average molecular weight is 298 g/mol. The van der Waals surface area contributed by atoms with E-state index in [0.29, 0.717) is 5.76 Å². The molecule has 0 unspecified atom stereocenters. The third-order valence-electron chi connectivity index (χ3n) is 3.47. The van der Waals surface area contributed by atoms with Crippen molar-refractivity contribution >= 4 is 6.29 Å². The molecule has 0 amide bonds. The van der Waals surface area contributed by atoms with Gasteiger partial charge in [-0.2, -0.15) is 0 Å². The van der Waals surface area contributed by atoms with E-state index < -0.39 is 0 Å². The molecule has 0 N–H and O–H groups in total. The van der Waals surface area contributed by atoms with Crippen LogP contribution in [0.15, 0.2) is 11.8 Å². The molecule has 124 valence electrons. The van der Waals surface area contributed by atoms with Gasteiger partial charge in [0.2, 0.25) is 0 Å². The van der Waals surface area contributed by atoms with Crippen LogP contribution in [0.4, 0.5) is 0 Å². The quantitative estimate of drug-likeness (QED) is 0.126. The van der Waals surface area contributed by atoms with E-state index in [1.54, 1.807) is 0 Å². The summed E-state index contributed by atoms with van der Waals surface area (Å²) in [7, 11) is 0. The van der Waals surface area contributed by atoms with E-state index in [4.69, 9.17) is 9.47 Å². The first kappa shape index (κ1) is 20.2. The summed E-state index contributed by atoms with van der Waals surface area (Å²) in [5.74, 6) is 0.412. The summed E-state index contributed by atoms with van der Waals surface area (Å²) in [4.78, 5) is 10.8. The molecule has 0 aliphatic heterocycles. The molecule has 0 atom stereocenters. The van der Waals surface area contributed by atoms with E-state index in [2.05, 4.69) is 13.8 Å². The minimum Gasteiger partial charge on any atom is -0.464 e. The second-order valence-electron chi connectivity index (χ2n) is 5.51. The van der Waals surface area contributed by atoms with E-state index >= 15 is 0 Å². The Bertz CT molecular complexity index is 249. The highest BCUT2D eigenvalue weighted by Gasteiger charge is 1.97. The second kappa shape index (κ2) is 17.2. The van der Waals surface area contributed by atoms with Gasteiger partial charge in [0.15, 0.2) is 18.8 Å². The molecule has 0 aromatic carbocycles. The van der Waals surface area contributed by atoms with Crippen molar-refractivity contribution in [3.05, 3.63) is 11.8 Å². The monoisotopic (exact) mass is 298 g/mol. The van der Waals surface area contributed by atoms with Crippen LogP contribution in [-0.2, 0) is 14.3 Å². The maximum absolute atomic E-state index is 10.8. The summed E-state index contributed by atoms with van der Waals surface area (Å²) in [5, 5.41) is 0. The van der Waals surface area contributed by atoms with Crippen molar-refractivity contribution in [1.29, 1.82) is 0 Å². The number of carbonyl (C=O) groups is 1. The molecule has 0 rings (SSSR count). The molecule has 0 heterocycles. The largest absolute Gasteiger partial charge is 0.464 e. The number of unbranched alkanes of at least 4 members (excludes halogenated alkanes) is 9. The van der Waals surface area contributed by atoms with E-state index in [0.717, 1.165) is 32.2 Å². The summed E-state index contributed by atoms with van der Waals surface area (Å²) >= 11 is 0. The molecule has 0 aliphatic rings. The van der Waals surface area contributed by atoms with E-state index in [1.807, 2.05) is 6.08 Å². The van der Waals surface area contributed by atoms with Crippen LogP contribution in [-0.4, -0.2) is 19.7 Å². The fraction of sp³-hybridized carbons (Fsp3) is 0.833. The van der Waals surface area contributed by atoms with Crippen molar-refractivity contribution in [3.8, 4) is 0 Å². The maximum atomic E-state index is 10.8. The molecule has 0 aliphatic carbocycles. The Kier molecular flexibility index (Phi) is 16.5. The van der Waals surface area contributed by atoms with Crippen LogP contribution in [0.1, 0.15) is 84.5 Å². The Balaban J connectivity index is 3.41. The van der Waals surface area contributed by atoms with E-state index in [1.165, 1.54) is 51.4 Å². The SMILES string of the molecule is CCCCCC/C=C(\C=O)OCOCCCCCCCC. The molecule has 0 saturated heterocycles. The summed E-state index contributed by atoms with van der Waals surface area (Å²) in [6.07, 6.45) is 15.9. The lowest BCUT2D eigenvalue weighted by atomic mass is 10.1. The van der Waals surface area contributed by atoms with Gasteiger partial charge in [0.05, 0.1) is 6.61 Å². The smallest absolute Gasteiger partial charge is 0.189 e.